The molecule has 2 nitrogen and oxygen atoms in total. The van der Waals surface area contributed by atoms with E-state index in [1.807, 2.05) is 0 Å². The maximum Gasteiger partial charge on any atom is 0.323 e. The van der Waals surface area contributed by atoms with Crippen molar-refractivity contribution in [1.82, 2.24) is 0 Å². The van der Waals surface area contributed by atoms with E-state index in [0.717, 1.165) is 46.8 Å². The predicted octanol–water partition coefficient (Wildman–Crippen LogP) is 8.77. The molecule has 0 spiro atoms. The normalized spacial score (nSPS) is 27.1. The quantitative estimate of drug-likeness (QED) is 0.325. The van der Waals surface area contributed by atoms with Gasteiger partial charge >= 0.3 is 5.97 Å². The molecule has 0 N–H and O–H groups in total. The molecule has 0 radical (unpaired) electrons. The first-order valence-corrected chi connectivity index (χ1v) is 15.4. The molecule has 0 saturated heterocycles. The third-order valence-corrected chi connectivity index (χ3v) is 12.3. The summed E-state index contributed by atoms with van der Waals surface area (Å²) < 4.78 is 7.07. The highest BCUT2D eigenvalue weighted by molar-refractivity contribution is 8.30. The van der Waals surface area contributed by atoms with Gasteiger partial charge in [0.25, 0.3) is 0 Å². The lowest BCUT2D eigenvalue weighted by Gasteiger charge is -2.56. The Morgan fingerprint density at radius 3 is 1.53 bits per heavy atom. The van der Waals surface area contributed by atoms with E-state index in [-0.39, 0.29) is 11.4 Å². The Morgan fingerprint density at radius 1 is 0.694 bits per heavy atom. The van der Waals surface area contributed by atoms with Crippen LogP contribution < -0.4 is 0 Å². The number of hydrogen-bond donors (Lipinski definition) is 0. The molecular formula is C33H38O2S. The van der Waals surface area contributed by atoms with Crippen molar-refractivity contribution in [2.24, 2.45) is 23.2 Å². The van der Waals surface area contributed by atoms with Gasteiger partial charge in [0.05, 0.1) is 5.41 Å². The topological polar surface area (TPSA) is 26.3 Å². The molecule has 4 fully saturated rings. The molecule has 3 aromatic carbocycles. The second-order valence-electron chi connectivity index (χ2n) is 11.4. The number of hydrogen-bond acceptors (Lipinski definition) is 2. The summed E-state index contributed by atoms with van der Waals surface area (Å²) in [6.45, 7) is 4.37. The Labute approximate surface area is 218 Å². The van der Waals surface area contributed by atoms with Crippen LogP contribution in [0, 0.1) is 23.2 Å². The minimum Gasteiger partial charge on any atom is -0.402 e. The van der Waals surface area contributed by atoms with Crippen molar-refractivity contribution in [3.63, 3.8) is 0 Å². The molecule has 0 heterocycles. The summed E-state index contributed by atoms with van der Waals surface area (Å²) in [5.41, 5.74) is 2.30. The zero-order chi connectivity index (χ0) is 24.8. The summed E-state index contributed by atoms with van der Waals surface area (Å²) in [6.07, 6.45) is 9.00. The highest BCUT2D eigenvalue weighted by Gasteiger charge is 2.57. The van der Waals surface area contributed by atoms with Gasteiger partial charge < -0.3 is 4.18 Å². The van der Waals surface area contributed by atoms with Crippen LogP contribution in [-0.4, -0.2) is 5.97 Å². The molecule has 4 aliphatic rings. The average Bonchev–Trinajstić information content (AvgIpc) is 2.91. The summed E-state index contributed by atoms with van der Waals surface area (Å²) in [7, 11) is -2.22. The number of carbonyl (C=O) groups is 1. The zero-order valence-corrected chi connectivity index (χ0v) is 22.4. The highest BCUT2D eigenvalue weighted by atomic mass is 32.3. The Bertz CT molecular complexity index is 1130. The molecule has 4 aliphatic carbocycles. The molecule has 0 aromatic heterocycles. The molecule has 3 heteroatoms. The van der Waals surface area contributed by atoms with E-state index in [1.165, 1.54) is 30.4 Å². The lowest BCUT2D eigenvalue weighted by Crippen LogP contribution is -2.50. The van der Waals surface area contributed by atoms with E-state index in [1.54, 1.807) is 0 Å². The summed E-state index contributed by atoms with van der Waals surface area (Å²) in [6, 6.07) is 28.2. The number of aryl methyl sites for hydroxylation is 2. The fraction of sp³-hybridized carbons (Fsp3) is 0.424. The minimum absolute atomic E-state index is 0.0552. The Balaban J connectivity index is 1.50. The van der Waals surface area contributed by atoms with Crippen molar-refractivity contribution < 1.29 is 8.98 Å². The van der Waals surface area contributed by atoms with Gasteiger partial charge in [-0.15, -0.1) is 0 Å². The summed E-state index contributed by atoms with van der Waals surface area (Å²) in [4.78, 5) is 17.8. The van der Waals surface area contributed by atoms with Crippen molar-refractivity contribution in [2.45, 2.75) is 79.9 Å². The molecule has 188 valence electrons. The summed E-state index contributed by atoms with van der Waals surface area (Å²) >= 11 is 0. The summed E-state index contributed by atoms with van der Waals surface area (Å²) in [5.74, 6) is 2.17. The van der Waals surface area contributed by atoms with E-state index in [2.05, 4.69) is 92.7 Å². The monoisotopic (exact) mass is 498 g/mol. The van der Waals surface area contributed by atoms with Crippen LogP contribution in [0.1, 0.15) is 63.5 Å². The van der Waals surface area contributed by atoms with Gasteiger partial charge in [-0.2, -0.15) is 0 Å². The predicted molar refractivity (Wildman–Crippen MR) is 147 cm³/mol. The maximum atomic E-state index is 14.5. The molecule has 4 bridgehead atoms. The third-order valence-electron chi connectivity index (χ3n) is 9.07. The highest BCUT2D eigenvalue weighted by Crippen LogP contribution is 2.71. The molecule has 4 saturated carbocycles. The number of benzene rings is 3. The molecule has 3 aromatic rings. The van der Waals surface area contributed by atoms with Crippen LogP contribution in [-0.2, 0) is 21.8 Å². The van der Waals surface area contributed by atoms with Gasteiger partial charge in [0.15, 0.2) is 0 Å². The van der Waals surface area contributed by atoms with Crippen molar-refractivity contribution >= 4 is 16.3 Å². The van der Waals surface area contributed by atoms with E-state index in [4.69, 9.17) is 4.18 Å². The molecule has 0 aliphatic heterocycles. The first kappa shape index (κ1) is 23.9. The van der Waals surface area contributed by atoms with Crippen LogP contribution in [0.3, 0.4) is 0 Å². The van der Waals surface area contributed by atoms with Crippen LogP contribution in [0.25, 0.3) is 0 Å². The smallest absolute Gasteiger partial charge is 0.323 e. The van der Waals surface area contributed by atoms with E-state index in [9.17, 15) is 4.79 Å². The van der Waals surface area contributed by atoms with Gasteiger partial charge in [-0.25, -0.2) is 0 Å². The SMILES string of the molecule is CCc1ccc(S(OC(=O)C23CC4CC(CC(C4)C2)C3)(c2ccccc2)c2ccc(CC)cc2)cc1. The Morgan fingerprint density at radius 2 is 1.11 bits per heavy atom. The number of rotatable bonds is 7. The van der Waals surface area contributed by atoms with Crippen LogP contribution >= 0.6 is 10.3 Å². The van der Waals surface area contributed by atoms with Crippen molar-refractivity contribution in [1.29, 1.82) is 0 Å². The molecule has 36 heavy (non-hydrogen) atoms. The number of carbonyl (C=O) groups excluding carboxylic acids is 1. The van der Waals surface area contributed by atoms with Gasteiger partial charge in [0, 0.05) is 14.7 Å². The summed E-state index contributed by atoms with van der Waals surface area (Å²) in [5, 5.41) is 0. The second kappa shape index (κ2) is 9.41. The largest absolute Gasteiger partial charge is 0.402 e. The fourth-order valence-corrected chi connectivity index (χ4v) is 10.6. The van der Waals surface area contributed by atoms with Gasteiger partial charge in [0.1, 0.15) is 0 Å². The Kier molecular flexibility index (Phi) is 6.24. The van der Waals surface area contributed by atoms with Crippen LogP contribution in [0.15, 0.2) is 93.5 Å². The van der Waals surface area contributed by atoms with E-state index >= 15 is 0 Å². The van der Waals surface area contributed by atoms with Crippen LogP contribution in [0.5, 0.6) is 0 Å². The average molecular weight is 499 g/mol. The first-order chi connectivity index (χ1) is 17.5. The first-order valence-electron chi connectivity index (χ1n) is 13.8. The Hall–Kier alpha value is -2.52. The van der Waals surface area contributed by atoms with Gasteiger partial charge in [-0.05, 0) is 127 Å². The standard InChI is InChI=1S/C33H38O2S/c1-3-24-10-14-30(15-11-24)36(29-8-6-5-7-9-29,31-16-12-25(4-2)13-17-31)35-32(34)33-21-26-18-27(22-33)20-28(19-26)23-33/h5-17,26-28H,3-4,18-23H2,1-2H3. The maximum absolute atomic E-state index is 14.5. The van der Waals surface area contributed by atoms with Gasteiger partial charge in [0.2, 0.25) is 0 Å². The lowest BCUT2D eigenvalue weighted by molar-refractivity contribution is -0.160. The molecule has 0 unspecified atom stereocenters. The second-order valence-corrected chi connectivity index (χ2v) is 14.1. The van der Waals surface area contributed by atoms with Gasteiger partial charge in [-0.3, -0.25) is 4.79 Å². The minimum atomic E-state index is -2.22. The lowest BCUT2D eigenvalue weighted by atomic mass is 9.49. The van der Waals surface area contributed by atoms with E-state index < -0.39 is 10.3 Å². The van der Waals surface area contributed by atoms with E-state index in [0.29, 0.717) is 17.8 Å². The molecule has 7 rings (SSSR count). The third kappa shape index (κ3) is 4.00. The molecule has 0 amide bonds. The fourth-order valence-electron chi connectivity index (χ4n) is 7.56. The van der Waals surface area contributed by atoms with Crippen molar-refractivity contribution in [2.75, 3.05) is 0 Å². The van der Waals surface area contributed by atoms with Crippen LogP contribution in [0.2, 0.25) is 0 Å². The van der Waals surface area contributed by atoms with Crippen molar-refractivity contribution in [3.8, 4) is 0 Å². The van der Waals surface area contributed by atoms with Crippen LogP contribution in [0.4, 0.5) is 0 Å². The zero-order valence-electron chi connectivity index (χ0n) is 21.6. The van der Waals surface area contributed by atoms with Crippen molar-refractivity contribution in [3.05, 3.63) is 90.0 Å². The molecular weight excluding hydrogens is 460 g/mol. The van der Waals surface area contributed by atoms with Gasteiger partial charge in [-0.1, -0.05) is 56.3 Å². The molecule has 0 atom stereocenters.